The van der Waals surface area contributed by atoms with Crippen molar-refractivity contribution in [3.05, 3.63) is 29.8 Å². The average molecular weight is 236 g/mol. The first-order valence-corrected chi connectivity index (χ1v) is 5.50. The second-order valence-electron chi connectivity index (χ2n) is 2.95. The van der Waals surface area contributed by atoms with Crippen molar-refractivity contribution in [1.82, 2.24) is 0 Å². The SMILES string of the molecule is CC.CNc1ccc(/C=C/C(=O)OC)cc1N. The lowest BCUT2D eigenvalue weighted by Crippen LogP contribution is -1.96. The molecule has 0 saturated carbocycles. The maximum Gasteiger partial charge on any atom is 0.330 e. The average Bonchev–Trinajstić information content (AvgIpc) is 2.38. The van der Waals surface area contributed by atoms with E-state index in [9.17, 15) is 4.79 Å². The summed E-state index contributed by atoms with van der Waals surface area (Å²) in [5.41, 5.74) is 8.13. The molecule has 0 aliphatic heterocycles. The predicted molar refractivity (Wildman–Crippen MR) is 72.8 cm³/mol. The lowest BCUT2D eigenvalue weighted by molar-refractivity contribution is -0.134. The monoisotopic (exact) mass is 236 g/mol. The van der Waals surface area contributed by atoms with Crippen molar-refractivity contribution >= 4 is 23.4 Å². The van der Waals surface area contributed by atoms with Gasteiger partial charge in [0, 0.05) is 13.1 Å². The third-order valence-electron chi connectivity index (χ3n) is 1.96. The van der Waals surface area contributed by atoms with E-state index in [2.05, 4.69) is 10.1 Å². The fourth-order valence-electron chi connectivity index (χ4n) is 1.14. The maximum atomic E-state index is 10.8. The van der Waals surface area contributed by atoms with E-state index in [1.807, 2.05) is 26.0 Å². The van der Waals surface area contributed by atoms with Crippen LogP contribution in [-0.4, -0.2) is 20.1 Å². The number of benzene rings is 1. The highest BCUT2D eigenvalue weighted by Gasteiger charge is 1.97. The first-order chi connectivity index (χ1) is 8.17. The molecular weight excluding hydrogens is 216 g/mol. The van der Waals surface area contributed by atoms with Gasteiger partial charge in [0.05, 0.1) is 18.5 Å². The van der Waals surface area contributed by atoms with Crippen LogP contribution in [0.25, 0.3) is 6.08 Å². The van der Waals surface area contributed by atoms with Crippen LogP contribution < -0.4 is 11.1 Å². The number of rotatable bonds is 3. The van der Waals surface area contributed by atoms with Gasteiger partial charge in [-0.05, 0) is 23.8 Å². The fraction of sp³-hybridized carbons (Fsp3) is 0.308. The van der Waals surface area contributed by atoms with Crippen LogP contribution in [0.1, 0.15) is 19.4 Å². The topological polar surface area (TPSA) is 64.3 Å². The van der Waals surface area contributed by atoms with Crippen molar-refractivity contribution in [2.24, 2.45) is 0 Å². The van der Waals surface area contributed by atoms with Gasteiger partial charge in [0.1, 0.15) is 0 Å². The van der Waals surface area contributed by atoms with Gasteiger partial charge in [-0.3, -0.25) is 0 Å². The minimum absolute atomic E-state index is 0.383. The highest BCUT2D eigenvalue weighted by Crippen LogP contribution is 2.19. The summed E-state index contributed by atoms with van der Waals surface area (Å²) in [6, 6.07) is 5.50. The number of hydrogen-bond donors (Lipinski definition) is 2. The van der Waals surface area contributed by atoms with Gasteiger partial charge < -0.3 is 15.8 Å². The second kappa shape index (κ2) is 8.21. The largest absolute Gasteiger partial charge is 0.466 e. The number of nitrogens with two attached hydrogens (primary N) is 1. The van der Waals surface area contributed by atoms with Crippen LogP contribution in [0.3, 0.4) is 0 Å². The van der Waals surface area contributed by atoms with Gasteiger partial charge in [0.25, 0.3) is 0 Å². The van der Waals surface area contributed by atoms with Gasteiger partial charge >= 0.3 is 5.97 Å². The molecule has 0 unspecified atom stereocenters. The lowest BCUT2D eigenvalue weighted by Gasteiger charge is -2.04. The highest BCUT2D eigenvalue weighted by molar-refractivity contribution is 5.87. The number of anilines is 2. The van der Waals surface area contributed by atoms with Gasteiger partial charge in [-0.2, -0.15) is 0 Å². The number of nitrogen functional groups attached to an aromatic ring is 1. The van der Waals surface area contributed by atoms with Gasteiger partial charge in [-0.25, -0.2) is 4.79 Å². The molecule has 4 heteroatoms. The Hall–Kier alpha value is -1.97. The molecule has 1 aromatic rings. The molecule has 0 aliphatic rings. The zero-order valence-electron chi connectivity index (χ0n) is 10.8. The van der Waals surface area contributed by atoms with E-state index in [1.165, 1.54) is 13.2 Å². The normalized spacial score (nSPS) is 9.41. The number of ether oxygens (including phenoxy) is 1. The first kappa shape index (κ1) is 15.0. The summed E-state index contributed by atoms with van der Waals surface area (Å²) in [4.78, 5) is 10.8. The fourth-order valence-corrected chi connectivity index (χ4v) is 1.14. The van der Waals surface area contributed by atoms with Crippen LogP contribution in [0.15, 0.2) is 24.3 Å². The van der Waals surface area contributed by atoms with E-state index in [0.29, 0.717) is 5.69 Å². The summed E-state index contributed by atoms with van der Waals surface area (Å²) in [6.45, 7) is 4.00. The number of carbonyl (C=O) groups excluding carboxylic acids is 1. The molecule has 1 aromatic carbocycles. The molecule has 0 radical (unpaired) electrons. The van der Waals surface area contributed by atoms with Crippen molar-refractivity contribution < 1.29 is 9.53 Å². The molecule has 4 nitrogen and oxygen atoms in total. The van der Waals surface area contributed by atoms with Crippen LogP contribution in [-0.2, 0) is 9.53 Å². The van der Waals surface area contributed by atoms with Crippen molar-refractivity contribution in [3.63, 3.8) is 0 Å². The van der Waals surface area contributed by atoms with Crippen molar-refractivity contribution in [2.75, 3.05) is 25.2 Å². The lowest BCUT2D eigenvalue weighted by atomic mass is 10.1. The summed E-state index contributed by atoms with van der Waals surface area (Å²) >= 11 is 0. The predicted octanol–water partition coefficient (Wildman–Crippen LogP) is 2.52. The van der Waals surface area contributed by atoms with E-state index < -0.39 is 0 Å². The smallest absolute Gasteiger partial charge is 0.330 e. The van der Waals surface area contributed by atoms with Crippen LogP contribution in [0.4, 0.5) is 11.4 Å². The summed E-state index contributed by atoms with van der Waals surface area (Å²) in [7, 11) is 3.14. The van der Waals surface area contributed by atoms with E-state index in [4.69, 9.17) is 5.73 Å². The minimum atomic E-state index is -0.383. The van der Waals surface area contributed by atoms with E-state index in [0.717, 1.165) is 11.3 Å². The van der Waals surface area contributed by atoms with E-state index >= 15 is 0 Å². The van der Waals surface area contributed by atoms with Gasteiger partial charge in [0.2, 0.25) is 0 Å². The molecule has 0 saturated heterocycles. The summed E-state index contributed by atoms with van der Waals surface area (Å²) < 4.78 is 4.48. The Labute approximate surface area is 102 Å². The van der Waals surface area contributed by atoms with Crippen LogP contribution in [0.2, 0.25) is 0 Å². The third-order valence-corrected chi connectivity index (χ3v) is 1.96. The first-order valence-electron chi connectivity index (χ1n) is 5.50. The van der Waals surface area contributed by atoms with Crippen molar-refractivity contribution in [2.45, 2.75) is 13.8 Å². The highest BCUT2D eigenvalue weighted by atomic mass is 16.5. The number of hydrogen-bond acceptors (Lipinski definition) is 4. The Morgan fingerprint density at radius 2 is 2.06 bits per heavy atom. The Kier molecular flexibility index (Phi) is 7.26. The molecular formula is C13H20N2O2. The standard InChI is InChI=1S/C11H14N2O2.C2H6/c1-13-10-5-3-8(7-9(10)12)4-6-11(14)15-2;1-2/h3-7,13H,12H2,1-2H3;1-2H3/b6-4+;. The Bertz CT molecular complexity index is 387. The second-order valence-corrected chi connectivity index (χ2v) is 2.95. The molecule has 3 N–H and O–H groups in total. The molecule has 0 aliphatic carbocycles. The van der Waals surface area contributed by atoms with Crippen LogP contribution in [0.5, 0.6) is 0 Å². The summed E-state index contributed by atoms with van der Waals surface area (Å²) in [5.74, 6) is -0.383. The Balaban J connectivity index is 0.00000121. The molecule has 0 aromatic heterocycles. The molecule has 0 heterocycles. The van der Waals surface area contributed by atoms with Gasteiger partial charge in [0.15, 0.2) is 0 Å². The third kappa shape index (κ3) is 5.06. The van der Waals surface area contributed by atoms with Crippen molar-refractivity contribution in [3.8, 4) is 0 Å². The quantitative estimate of drug-likeness (QED) is 0.481. The van der Waals surface area contributed by atoms with Crippen LogP contribution >= 0.6 is 0 Å². The van der Waals surface area contributed by atoms with Crippen LogP contribution in [0, 0.1) is 0 Å². The molecule has 17 heavy (non-hydrogen) atoms. The number of esters is 1. The molecule has 0 spiro atoms. The maximum absolute atomic E-state index is 10.8. The molecule has 0 bridgehead atoms. The molecule has 0 fully saturated rings. The minimum Gasteiger partial charge on any atom is -0.466 e. The summed E-state index contributed by atoms with van der Waals surface area (Å²) in [6.07, 6.45) is 3.01. The van der Waals surface area contributed by atoms with E-state index in [1.54, 1.807) is 19.2 Å². The number of nitrogens with one attached hydrogen (secondary N) is 1. The number of carbonyl (C=O) groups is 1. The van der Waals surface area contributed by atoms with E-state index in [-0.39, 0.29) is 5.97 Å². The van der Waals surface area contributed by atoms with Gasteiger partial charge in [-0.15, -0.1) is 0 Å². The zero-order chi connectivity index (χ0) is 13.3. The van der Waals surface area contributed by atoms with Crippen molar-refractivity contribution in [1.29, 1.82) is 0 Å². The van der Waals surface area contributed by atoms with Gasteiger partial charge in [-0.1, -0.05) is 19.9 Å². The zero-order valence-corrected chi connectivity index (χ0v) is 10.8. The molecule has 0 amide bonds. The Morgan fingerprint density at radius 3 is 2.53 bits per heavy atom. The summed E-state index contributed by atoms with van der Waals surface area (Å²) in [5, 5.41) is 2.96. The number of methoxy groups -OCH3 is 1. The Morgan fingerprint density at radius 1 is 1.41 bits per heavy atom. The molecule has 1 rings (SSSR count). The molecule has 0 atom stereocenters. The molecule has 94 valence electrons.